The Bertz CT molecular complexity index is 408. The highest BCUT2D eigenvalue weighted by Crippen LogP contribution is 2.24. The lowest BCUT2D eigenvalue weighted by Gasteiger charge is -2.19. The fourth-order valence-electron chi connectivity index (χ4n) is 2.45. The minimum absolute atomic E-state index is 0.0429. The molecule has 1 fully saturated rings. The second-order valence-corrected chi connectivity index (χ2v) is 5.24. The van der Waals surface area contributed by atoms with Gasteiger partial charge in [0.15, 0.2) is 0 Å². The van der Waals surface area contributed by atoms with Crippen molar-refractivity contribution in [1.29, 1.82) is 0 Å². The van der Waals surface area contributed by atoms with E-state index in [4.69, 9.17) is 0 Å². The second kappa shape index (κ2) is 6.68. The molecule has 1 aromatic carbocycles. The van der Waals surface area contributed by atoms with Gasteiger partial charge in [-0.15, -0.1) is 0 Å². The highest BCUT2D eigenvalue weighted by molar-refractivity contribution is 5.94. The minimum Gasteiger partial charge on any atom is -0.393 e. The number of carbonyl (C=O) groups is 1. The molecule has 3 unspecified atom stereocenters. The minimum atomic E-state index is -0.256. The van der Waals surface area contributed by atoms with Gasteiger partial charge in [0.1, 0.15) is 0 Å². The number of hydrogen-bond donors (Lipinski definition) is 3. The monoisotopic (exact) mass is 262 g/mol. The first-order valence-corrected chi connectivity index (χ1v) is 6.94. The summed E-state index contributed by atoms with van der Waals surface area (Å²) >= 11 is 0. The molecule has 1 aliphatic carbocycles. The number of hydrogen-bond acceptors (Lipinski definition) is 3. The Morgan fingerprint density at radius 2 is 2.11 bits per heavy atom. The molecule has 3 atom stereocenters. The van der Waals surface area contributed by atoms with Gasteiger partial charge < -0.3 is 15.7 Å². The quantitative estimate of drug-likeness (QED) is 0.758. The molecular formula is C15H22N2O2. The molecule has 4 nitrogen and oxygen atoms in total. The van der Waals surface area contributed by atoms with Crippen LogP contribution in [0.1, 0.15) is 26.2 Å². The number of aliphatic hydroxyl groups is 1. The Hall–Kier alpha value is -1.39. The van der Waals surface area contributed by atoms with E-state index in [-0.39, 0.29) is 24.0 Å². The van der Waals surface area contributed by atoms with Gasteiger partial charge in [-0.05, 0) is 37.8 Å². The Morgan fingerprint density at radius 3 is 2.74 bits per heavy atom. The number of para-hydroxylation sites is 1. The van der Waals surface area contributed by atoms with E-state index in [2.05, 4.69) is 10.6 Å². The maximum atomic E-state index is 12.0. The molecule has 0 radical (unpaired) electrons. The van der Waals surface area contributed by atoms with Crippen LogP contribution >= 0.6 is 0 Å². The molecular weight excluding hydrogens is 240 g/mol. The molecule has 1 saturated carbocycles. The number of rotatable bonds is 5. The zero-order chi connectivity index (χ0) is 13.7. The third-order valence-electron chi connectivity index (χ3n) is 3.74. The van der Waals surface area contributed by atoms with Crippen LogP contribution in [0.3, 0.4) is 0 Å². The second-order valence-electron chi connectivity index (χ2n) is 5.24. The Balaban J connectivity index is 1.76. The molecule has 0 aromatic heterocycles. The summed E-state index contributed by atoms with van der Waals surface area (Å²) in [6.45, 7) is 2.55. The molecule has 0 heterocycles. The molecule has 0 bridgehead atoms. The Kier molecular flexibility index (Phi) is 4.93. The van der Waals surface area contributed by atoms with Crippen molar-refractivity contribution in [3.05, 3.63) is 30.3 Å². The van der Waals surface area contributed by atoms with E-state index in [1.165, 1.54) is 0 Å². The average molecular weight is 262 g/mol. The maximum Gasteiger partial charge on any atom is 0.241 e. The van der Waals surface area contributed by atoms with Crippen molar-refractivity contribution in [2.45, 2.75) is 38.3 Å². The first kappa shape index (κ1) is 14.0. The summed E-state index contributed by atoms with van der Waals surface area (Å²) in [5.41, 5.74) is 0.807. The summed E-state index contributed by atoms with van der Waals surface area (Å²) in [5, 5.41) is 15.8. The Morgan fingerprint density at radius 1 is 1.37 bits per heavy atom. The molecule has 19 heavy (non-hydrogen) atoms. The van der Waals surface area contributed by atoms with E-state index in [0.29, 0.717) is 6.54 Å². The normalized spacial score (nSPS) is 24.1. The van der Waals surface area contributed by atoms with Crippen LogP contribution in [0.25, 0.3) is 0 Å². The lowest BCUT2D eigenvalue weighted by molar-refractivity contribution is -0.117. The van der Waals surface area contributed by atoms with E-state index in [1.54, 1.807) is 0 Å². The number of anilines is 1. The van der Waals surface area contributed by atoms with Gasteiger partial charge in [0.25, 0.3) is 0 Å². The summed E-state index contributed by atoms with van der Waals surface area (Å²) in [7, 11) is 0. The summed E-state index contributed by atoms with van der Waals surface area (Å²) in [6, 6.07) is 9.17. The van der Waals surface area contributed by atoms with Crippen molar-refractivity contribution >= 4 is 11.6 Å². The van der Waals surface area contributed by atoms with E-state index in [9.17, 15) is 9.90 Å². The highest BCUT2D eigenvalue weighted by Gasteiger charge is 2.25. The largest absolute Gasteiger partial charge is 0.393 e. The predicted molar refractivity (Wildman–Crippen MR) is 75.9 cm³/mol. The summed E-state index contributed by atoms with van der Waals surface area (Å²) in [6.07, 6.45) is 2.80. The smallest absolute Gasteiger partial charge is 0.241 e. The molecule has 0 aliphatic heterocycles. The Labute approximate surface area is 114 Å². The average Bonchev–Trinajstić information content (AvgIpc) is 2.82. The number of carbonyl (C=O) groups excluding carboxylic acids is 1. The van der Waals surface area contributed by atoms with Gasteiger partial charge in [-0.25, -0.2) is 0 Å². The highest BCUT2D eigenvalue weighted by atomic mass is 16.3. The van der Waals surface area contributed by atoms with Gasteiger partial charge in [-0.1, -0.05) is 24.6 Å². The van der Waals surface area contributed by atoms with E-state index in [0.717, 1.165) is 24.9 Å². The molecule has 2 rings (SSSR count). The van der Waals surface area contributed by atoms with Crippen molar-refractivity contribution in [2.24, 2.45) is 5.92 Å². The van der Waals surface area contributed by atoms with Gasteiger partial charge >= 0.3 is 0 Å². The van der Waals surface area contributed by atoms with Crippen LogP contribution in [-0.4, -0.2) is 29.7 Å². The zero-order valence-corrected chi connectivity index (χ0v) is 11.3. The van der Waals surface area contributed by atoms with E-state index in [1.807, 2.05) is 37.3 Å². The maximum absolute atomic E-state index is 12.0. The van der Waals surface area contributed by atoms with Crippen LogP contribution < -0.4 is 10.6 Å². The third kappa shape index (κ3) is 4.04. The van der Waals surface area contributed by atoms with Crippen LogP contribution in [0.5, 0.6) is 0 Å². The zero-order valence-electron chi connectivity index (χ0n) is 11.3. The fourth-order valence-corrected chi connectivity index (χ4v) is 2.45. The topological polar surface area (TPSA) is 61.4 Å². The van der Waals surface area contributed by atoms with Gasteiger partial charge in [0, 0.05) is 12.2 Å². The summed E-state index contributed by atoms with van der Waals surface area (Å²) < 4.78 is 0. The predicted octanol–water partition coefficient (Wildman–Crippen LogP) is 1.76. The van der Waals surface area contributed by atoms with Crippen LogP contribution in [0, 0.1) is 5.92 Å². The molecule has 0 saturated heterocycles. The number of benzene rings is 1. The van der Waals surface area contributed by atoms with Crippen molar-refractivity contribution in [2.75, 3.05) is 11.9 Å². The third-order valence-corrected chi connectivity index (χ3v) is 3.74. The molecule has 4 heteroatoms. The van der Waals surface area contributed by atoms with Crippen LogP contribution in [0.4, 0.5) is 5.69 Å². The molecule has 1 amide bonds. The first-order valence-electron chi connectivity index (χ1n) is 6.94. The lowest BCUT2D eigenvalue weighted by Crippen LogP contribution is -2.41. The van der Waals surface area contributed by atoms with Crippen LogP contribution in [0.2, 0.25) is 0 Å². The van der Waals surface area contributed by atoms with E-state index < -0.39 is 0 Å². The van der Waals surface area contributed by atoms with E-state index >= 15 is 0 Å². The molecule has 104 valence electrons. The van der Waals surface area contributed by atoms with Crippen molar-refractivity contribution in [1.82, 2.24) is 5.32 Å². The number of amides is 1. The van der Waals surface area contributed by atoms with Crippen molar-refractivity contribution in [3.8, 4) is 0 Å². The van der Waals surface area contributed by atoms with Crippen molar-refractivity contribution < 1.29 is 9.90 Å². The summed E-state index contributed by atoms with van der Waals surface area (Å²) in [4.78, 5) is 12.0. The standard InChI is InChI=1S/C15H22N2O2/c1-11(16-10-12-6-5-9-14(12)18)15(19)17-13-7-3-2-4-8-13/h2-4,7-8,11-12,14,16,18H,5-6,9-10H2,1H3,(H,17,19). The molecule has 1 aromatic rings. The lowest BCUT2D eigenvalue weighted by atomic mass is 10.1. The fraction of sp³-hybridized carbons (Fsp3) is 0.533. The summed E-state index contributed by atoms with van der Waals surface area (Å²) in [5.74, 6) is 0.241. The van der Waals surface area contributed by atoms with Gasteiger partial charge in [0.2, 0.25) is 5.91 Å². The van der Waals surface area contributed by atoms with Gasteiger partial charge in [0.05, 0.1) is 12.1 Å². The molecule has 3 N–H and O–H groups in total. The van der Waals surface area contributed by atoms with Gasteiger partial charge in [-0.2, -0.15) is 0 Å². The number of nitrogens with one attached hydrogen (secondary N) is 2. The van der Waals surface area contributed by atoms with Crippen molar-refractivity contribution in [3.63, 3.8) is 0 Å². The van der Waals surface area contributed by atoms with Crippen LogP contribution in [0.15, 0.2) is 30.3 Å². The van der Waals surface area contributed by atoms with Crippen LogP contribution in [-0.2, 0) is 4.79 Å². The molecule has 0 spiro atoms. The first-order chi connectivity index (χ1) is 9.16. The SMILES string of the molecule is CC(NCC1CCCC1O)C(=O)Nc1ccccc1. The van der Waals surface area contributed by atoms with Gasteiger partial charge in [-0.3, -0.25) is 4.79 Å². The number of aliphatic hydroxyl groups excluding tert-OH is 1. The molecule has 1 aliphatic rings.